The van der Waals surface area contributed by atoms with Crippen molar-refractivity contribution in [3.05, 3.63) is 118 Å². The molecule has 0 saturated heterocycles. The van der Waals surface area contributed by atoms with Crippen LogP contribution in [0.4, 0.5) is 11.4 Å². The van der Waals surface area contributed by atoms with Crippen molar-refractivity contribution in [1.29, 1.82) is 0 Å². The van der Waals surface area contributed by atoms with Crippen LogP contribution in [0.15, 0.2) is 84.9 Å². The molecule has 2 amide bonds. The number of aromatic carboxylic acids is 2. The highest BCUT2D eigenvalue weighted by Gasteiger charge is 2.18. The first-order valence-electron chi connectivity index (χ1n) is 11.9. The van der Waals surface area contributed by atoms with Crippen molar-refractivity contribution in [3.8, 4) is 36.2 Å². The lowest BCUT2D eigenvalue weighted by atomic mass is 10.0. The van der Waals surface area contributed by atoms with Crippen LogP contribution >= 0.6 is 0 Å². The summed E-state index contributed by atoms with van der Waals surface area (Å²) in [6, 6.07) is 20.9. The molecule has 4 rings (SSSR count). The predicted octanol–water partition coefficient (Wildman–Crippen LogP) is 5.34. The molecule has 0 spiro atoms. The van der Waals surface area contributed by atoms with Crippen molar-refractivity contribution >= 4 is 35.1 Å². The Bertz CT molecular complexity index is 1630. The number of carboxylic acids is 2. The summed E-state index contributed by atoms with van der Waals surface area (Å²) >= 11 is 0. The van der Waals surface area contributed by atoms with Gasteiger partial charge < -0.3 is 25.6 Å². The summed E-state index contributed by atoms with van der Waals surface area (Å²) in [6.07, 6.45) is 10.7. The maximum absolute atomic E-state index is 12.7. The molecule has 0 heterocycles. The molecule has 0 aliphatic carbocycles. The number of hydrogen-bond donors (Lipinski definition) is 4. The summed E-state index contributed by atoms with van der Waals surface area (Å²) in [7, 11) is 0. The molecule has 0 fully saturated rings. The van der Waals surface area contributed by atoms with Crippen LogP contribution < -0.4 is 15.4 Å². The van der Waals surface area contributed by atoms with E-state index in [4.69, 9.17) is 17.6 Å². The number of amides is 2. The van der Waals surface area contributed by atoms with Crippen molar-refractivity contribution in [2.24, 2.45) is 0 Å². The van der Waals surface area contributed by atoms with E-state index < -0.39 is 23.8 Å². The Kier molecular flexibility index (Phi) is 8.13. The maximum Gasteiger partial charge on any atom is 0.336 e. The fourth-order valence-electron chi connectivity index (χ4n) is 3.76. The van der Waals surface area contributed by atoms with Crippen LogP contribution in [0.25, 0.3) is 0 Å². The lowest BCUT2D eigenvalue weighted by Gasteiger charge is -2.11. The van der Waals surface area contributed by atoms with Gasteiger partial charge in [0.1, 0.15) is 11.5 Å². The molecule has 9 nitrogen and oxygen atoms in total. The average molecular weight is 545 g/mol. The number of anilines is 2. The zero-order valence-electron chi connectivity index (χ0n) is 21.2. The van der Waals surface area contributed by atoms with E-state index in [2.05, 4.69) is 22.5 Å². The fourth-order valence-corrected chi connectivity index (χ4v) is 3.76. The average Bonchev–Trinajstić information content (AvgIpc) is 2.98. The molecule has 4 aromatic carbocycles. The van der Waals surface area contributed by atoms with Crippen LogP contribution in [0.2, 0.25) is 0 Å². The Morgan fingerprint density at radius 2 is 0.927 bits per heavy atom. The molecule has 4 aromatic rings. The van der Waals surface area contributed by atoms with Gasteiger partial charge in [-0.3, -0.25) is 9.59 Å². The number of carboxylic acid groups (broad SMARTS) is 2. The van der Waals surface area contributed by atoms with Gasteiger partial charge in [-0.25, -0.2) is 9.59 Å². The second-order valence-electron chi connectivity index (χ2n) is 8.48. The van der Waals surface area contributed by atoms with E-state index in [0.717, 1.165) is 0 Å². The predicted molar refractivity (Wildman–Crippen MR) is 152 cm³/mol. The van der Waals surface area contributed by atoms with E-state index in [1.807, 2.05) is 0 Å². The van der Waals surface area contributed by atoms with Gasteiger partial charge in [-0.1, -0.05) is 11.8 Å². The van der Waals surface area contributed by atoms with E-state index >= 15 is 0 Å². The highest BCUT2D eigenvalue weighted by atomic mass is 16.5. The maximum atomic E-state index is 12.7. The number of hydrogen-bond acceptors (Lipinski definition) is 5. The molecule has 9 heteroatoms. The molecule has 0 aromatic heterocycles. The van der Waals surface area contributed by atoms with Gasteiger partial charge in [0.2, 0.25) is 0 Å². The summed E-state index contributed by atoms with van der Waals surface area (Å²) in [6.45, 7) is 0. The Morgan fingerprint density at radius 3 is 1.24 bits per heavy atom. The van der Waals surface area contributed by atoms with Gasteiger partial charge in [-0.15, -0.1) is 12.8 Å². The quantitative estimate of drug-likeness (QED) is 0.219. The van der Waals surface area contributed by atoms with Crippen LogP contribution in [0.5, 0.6) is 11.5 Å². The minimum Gasteiger partial charge on any atom is -0.478 e. The van der Waals surface area contributed by atoms with Crippen LogP contribution in [-0.4, -0.2) is 34.0 Å². The van der Waals surface area contributed by atoms with Crippen LogP contribution in [0.3, 0.4) is 0 Å². The number of nitrogens with one attached hydrogen (secondary N) is 2. The van der Waals surface area contributed by atoms with Gasteiger partial charge in [0.05, 0.1) is 22.3 Å². The first kappa shape index (κ1) is 27.7. The molecular formula is C32H20N2O7. The van der Waals surface area contributed by atoms with Crippen molar-refractivity contribution in [1.82, 2.24) is 0 Å². The first-order valence-corrected chi connectivity index (χ1v) is 11.9. The Hall–Kier alpha value is -6.32. The largest absolute Gasteiger partial charge is 0.478 e. The summed E-state index contributed by atoms with van der Waals surface area (Å²) in [4.78, 5) is 48.4. The van der Waals surface area contributed by atoms with Gasteiger partial charge in [0.25, 0.3) is 11.8 Å². The smallest absolute Gasteiger partial charge is 0.336 e. The molecule has 4 N–H and O–H groups in total. The molecule has 0 unspecified atom stereocenters. The van der Waals surface area contributed by atoms with Crippen molar-refractivity contribution in [2.75, 3.05) is 10.6 Å². The highest BCUT2D eigenvalue weighted by molar-refractivity contribution is 6.11. The third-order valence-electron chi connectivity index (χ3n) is 5.78. The Balaban J connectivity index is 1.41. The zero-order chi connectivity index (χ0) is 29.5. The summed E-state index contributed by atoms with van der Waals surface area (Å²) in [5.74, 6) is 1.86. The van der Waals surface area contributed by atoms with Gasteiger partial charge in [-0.2, -0.15) is 0 Å². The molecule has 0 saturated carbocycles. The normalized spacial score (nSPS) is 10.0. The Morgan fingerprint density at radius 1 is 0.561 bits per heavy atom. The van der Waals surface area contributed by atoms with E-state index in [9.17, 15) is 29.4 Å². The van der Waals surface area contributed by atoms with Crippen LogP contribution in [0.1, 0.15) is 52.6 Å². The van der Waals surface area contributed by atoms with Crippen LogP contribution in [-0.2, 0) is 0 Å². The number of carbonyl (C=O) groups is 4. The third-order valence-corrected chi connectivity index (χ3v) is 5.78. The number of terminal acetylenes is 2. The lowest BCUT2D eigenvalue weighted by Crippen LogP contribution is -2.16. The second kappa shape index (κ2) is 12.0. The zero-order valence-corrected chi connectivity index (χ0v) is 21.2. The molecule has 0 atom stereocenters. The minimum absolute atomic E-state index is 0.0663. The summed E-state index contributed by atoms with van der Waals surface area (Å²) in [5.41, 5.74) is 1.06. The number of ether oxygens (including phenoxy) is 1. The molecular weight excluding hydrogens is 524 g/mol. The summed E-state index contributed by atoms with van der Waals surface area (Å²) < 4.78 is 5.80. The van der Waals surface area contributed by atoms with Gasteiger partial charge in [-0.05, 0) is 84.9 Å². The highest BCUT2D eigenvalue weighted by Crippen LogP contribution is 2.25. The first-order chi connectivity index (χ1) is 19.7. The number of benzene rings is 4. The molecule has 0 radical (unpaired) electrons. The second-order valence-corrected chi connectivity index (χ2v) is 8.48. The monoisotopic (exact) mass is 544 g/mol. The van der Waals surface area contributed by atoms with Gasteiger partial charge in [0.15, 0.2) is 0 Å². The van der Waals surface area contributed by atoms with Gasteiger partial charge >= 0.3 is 11.9 Å². The molecule has 0 aliphatic heterocycles. The van der Waals surface area contributed by atoms with E-state index in [1.54, 1.807) is 48.5 Å². The van der Waals surface area contributed by atoms with Crippen LogP contribution in [0, 0.1) is 24.7 Å². The standard InChI is InChI=1S/C32H20N2O7/c1-3-19-5-15-25(31(37)38)27(17-19)29(35)33-21-7-11-23(12-8-21)41-24-13-9-22(10-14-24)34-30(36)28-18-20(4-2)6-16-26(28)32(39)40/h1-2,5-18H,(H,33,35)(H,34,36)(H,37,38)(H,39,40). The molecule has 0 aliphatic rings. The molecule has 0 bridgehead atoms. The Labute approximate surface area is 234 Å². The van der Waals surface area contributed by atoms with Crippen molar-refractivity contribution < 1.29 is 34.1 Å². The number of carbonyl (C=O) groups excluding carboxylic acids is 2. The van der Waals surface area contributed by atoms with E-state index in [0.29, 0.717) is 34.0 Å². The fraction of sp³-hybridized carbons (Fsp3) is 0. The van der Waals surface area contributed by atoms with Crippen molar-refractivity contribution in [2.45, 2.75) is 0 Å². The third kappa shape index (κ3) is 6.58. The molecule has 200 valence electrons. The van der Waals surface area contributed by atoms with E-state index in [1.165, 1.54) is 36.4 Å². The van der Waals surface area contributed by atoms with Crippen molar-refractivity contribution in [3.63, 3.8) is 0 Å². The lowest BCUT2D eigenvalue weighted by molar-refractivity contribution is 0.0683. The number of rotatable bonds is 8. The van der Waals surface area contributed by atoms with Gasteiger partial charge in [0, 0.05) is 22.5 Å². The van der Waals surface area contributed by atoms with E-state index in [-0.39, 0.29) is 22.3 Å². The summed E-state index contributed by atoms with van der Waals surface area (Å²) in [5, 5.41) is 24.1. The minimum atomic E-state index is -1.25. The SMILES string of the molecule is C#Cc1ccc(C(=O)O)c(C(=O)Nc2ccc(Oc3ccc(NC(=O)c4cc(C#C)ccc4C(=O)O)cc3)cc2)c1. The topological polar surface area (TPSA) is 142 Å². The molecule has 41 heavy (non-hydrogen) atoms.